The molecule has 5 nitrogen and oxygen atoms in total. The summed E-state index contributed by atoms with van der Waals surface area (Å²) in [5, 5.41) is 9.70. The number of nitrogens with one attached hydrogen (secondary N) is 1. The van der Waals surface area contributed by atoms with Crippen molar-refractivity contribution in [3.8, 4) is 0 Å². The van der Waals surface area contributed by atoms with E-state index >= 15 is 0 Å². The van der Waals surface area contributed by atoms with Gasteiger partial charge in [0.25, 0.3) is 0 Å². The van der Waals surface area contributed by atoms with Crippen LogP contribution in [-0.4, -0.2) is 34.7 Å². The quantitative estimate of drug-likeness (QED) is 0.566. The Labute approximate surface area is 118 Å². The fourth-order valence-corrected chi connectivity index (χ4v) is 2.77. The maximum atomic E-state index is 9.03. The molecule has 0 aliphatic carbocycles. The number of aliphatic hydroxyl groups is 1. The molecular formula is C13H21ClN4O. The molecular weight excluding hydrogens is 264 g/mol. The Morgan fingerprint density at radius 3 is 3.11 bits per heavy atom. The lowest BCUT2D eigenvalue weighted by Crippen LogP contribution is -2.35. The normalized spacial score (nSPS) is 20.5. The maximum absolute atomic E-state index is 9.03. The Kier molecular flexibility index (Phi) is 5.39. The number of hydrogen-bond acceptors (Lipinski definition) is 5. The minimum absolute atomic E-state index is 0.268. The van der Waals surface area contributed by atoms with E-state index in [-0.39, 0.29) is 6.61 Å². The van der Waals surface area contributed by atoms with Gasteiger partial charge in [-0.15, -0.1) is 0 Å². The Bertz CT molecular complexity index is 414. The van der Waals surface area contributed by atoms with E-state index in [9.17, 15) is 0 Å². The van der Waals surface area contributed by atoms with Crippen LogP contribution in [0.2, 0.25) is 5.02 Å². The lowest BCUT2D eigenvalue weighted by Gasteiger charge is -2.32. The van der Waals surface area contributed by atoms with Gasteiger partial charge in [-0.1, -0.05) is 11.6 Å². The topological polar surface area (TPSA) is 74.4 Å². The van der Waals surface area contributed by atoms with E-state index in [4.69, 9.17) is 22.6 Å². The van der Waals surface area contributed by atoms with Gasteiger partial charge in [0.15, 0.2) is 0 Å². The van der Waals surface area contributed by atoms with Crippen molar-refractivity contribution in [1.82, 2.24) is 9.88 Å². The van der Waals surface area contributed by atoms with Crippen LogP contribution in [0.25, 0.3) is 0 Å². The molecule has 2 rings (SSSR count). The summed E-state index contributed by atoms with van der Waals surface area (Å²) in [6, 6.07) is 3.57. The highest BCUT2D eigenvalue weighted by Gasteiger charge is 2.20. The van der Waals surface area contributed by atoms with Crippen molar-refractivity contribution in [2.45, 2.75) is 25.8 Å². The Morgan fingerprint density at radius 2 is 2.37 bits per heavy atom. The van der Waals surface area contributed by atoms with Crippen molar-refractivity contribution in [2.75, 3.05) is 25.1 Å². The average Bonchev–Trinajstić information content (AvgIpc) is 2.42. The molecule has 1 saturated heterocycles. The van der Waals surface area contributed by atoms with Crippen molar-refractivity contribution >= 4 is 17.4 Å². The van der Waals surface area contributed by atoms with E-state index in [2.05, 4.69) is 15.3 Å². The molecule has 0 bridgehead atoms. The molecule has 0 saturated carbocycles. The highest BCUT2D eigenvalue weighted by Crippen LogP contribution is 2.23. The molecule has 2 heterocycles. The number of nitrogen functional groups attached to an aromatic ring is 1. The molecule has 19 heavy (non-hydrogen) atoms. The molecule has 1 fully saturated rings. The molecule has 1 atom stereocenters. The van der Waals surface area contributed by atoms with Gasteiger partial charge in [0, 0.05) is 19.7 Å². The summed E-state index contributed by atoms with van der Waals surface area (Å²) in [5.41, 5.74) is 3.39. The molecule has 0 aromatic carbocycles. The molecule has 4 N–H and O–H groups in total. The summed E-state index contributed by atoms with van der Waals surface area (Å²) in [5.74, 6) is 6.57. The van der Waals surface area contributed by atoms with Gasteiger partial charge < -0.3 is 10.5 Å². The lowest BCUT2D eigenvalue weighted by atomic mass is 9.95. The van der Waals surface area contributed by atoms with E-state index in [1.165, 1.54) is 6.42 Å². The van der Waals surface area contributed by atoms with Crippen LogP contribution < -0.4 is 11.3 Å². The molecule has 1 aliphatic heterocycles. The molecule has 6 heteroatoms. The van der Waals surface area contributed by atoms with E-state index in [1.54, 1.807) is 6.07 Å². The van der Waals surface area contributed by atoms with Crippen LogP contribution in [0.1, 0.15) is 25.0 Å². The van der Waals surface area contributed by atoms with Gasteiger partial charge in [-0.3, -0.25) is 4.90 Å². The highest BCUT2D eigenvalue weighted by molar-refractivity contribution is 6.31. The maximum Gasteiger partial charge on any atom is 0.140 e. The van der Waals surface area contributed by atoms with Crippen molar-refractivity contribution in [1.29, 1.82) is 0 Å². The van der Waals surface area contributed by atoms with Crippen LogP contribution in [0.3, 0.4) is 0 Å². The number of aliphatic hydroxyl groups excluding tert-OH is 1. The zero-order valence-electron chi connectivity index (χ0n) is 11.0. The number of pyridine rings is 1. The minimum atomic E-state index is 0.268. The molecule has 0 amide bonds. The first-order valence-electron chi connectivity index (χ1n) is 6.68. The monoisotopic (exact) mass is 284 g/mol. The van der Waals surface area contributed by atoms with Crippen LogP contribution in [0.15, 0.2) is 12.1 Å². The summed E-state index contributed by atoms with van der Waals surface area (Å²) in [6.45, 7) is 3.06. The number of hydrazine groups is 1. The zero-order valence-corrected chi connectivity index (χ0v) is 11.7. The van der Waals surface area contributed by atoms with Gasteiger partial charge in [-0.25, -0.2) is 10.8 Å². The van der Waals surface area contributed by atoms with E-state index in [0.29, 0.717) is 16.8 Å². The predicted molar refractivity (Wildman–Crippen MR) is 76.8 cm³/mol. The summed E-state index contributed by atoms with van der Waals surface area (Å²) in [7, 11) is 0. The Balaban J connectivity index is 2.00. The minimum Gasteiger partial charge on any atom is -0.396 e. The van der Waals surface area contributed by atoms with E-state index in [0.717, 1.165) is 38.2 Å². The fraction of sp³-hybridized carbons (Fsp3) is 0.615. The number of anilines is 1. The Hall–Kier alpha value is -0.880. The van der Waals surface area contributed by atoms with Crippen LogP contribution in [0, 0.1) is 5.92 Å². The third kappa shape index (κ3) is 4.04. The van der Waals surface area contributed by atoms with Crippen molar-refractivity contribution in [3.05, 3.63) is 22.8 Å². The number of rotatable bonds is 5. The van der Waals surface area contributed by atoms with Gasteiger partial charge in [0.05, 0.1) is 10.7 Å². The largest absolute Gasteiger partial charge is 0.396 e. The molecule has 1 aliphatic rings. The highest BCUT2D eigenvalue weighted by atomic mass is 35.5. The van der Waals surface area contributed by atoms with Gasteiger partial charge in [-0.2, -0.15) is 0 Å². The van der Waals surface area contributed by atoms with E-state index < -0.39 is 0 Å². The van der Waals surface area contributed by atoms with Crippen molar-refractivity contribution in [3.63, 3.8) is 0 Å². The summed E-state index contributed by atoms with van der Waals surface area (Å²) >= 11 is 6.17. The molecule has 1 unspecified atom stereocenters. The van der Waals surface area contributed by atoms with Gasteiger partial charge in [-0.05, 0) is 43.9 Å². The number of likely N-dealkylation sites (tertiary alicyclic amines) is 1. The fourth-order valence-electron chi connectivity index (χ4n) is 2.60. The SMILES string of the molecule is NNc1ccc(Cl)c(CN2CCCC(CCO)C2)n1. The molecule has 0 radical (unpaired) electrons. The second-order valence-electron chi connectivity index (χ2n) is 5.02. The number of halogens is 1. The molecule has 1 aromatic rings. The number of aromatic nitrogens is 1. The van der Waals surface area contributed by atoms with Crippen LogP contribution in [0.5, 0.6) is 0 Å². The first-order chi connectivity index (χ1) is 9.22. The van der Waals surface area contributed by atoms with Gasteiger partial charge in [0.1, 0.15) is 5.82 Å². The number of nitrogens with zero attached hydrogens (tertiary/aromatic N) is 2. The lowest BCUT2D eigenvalue weighted by molar-refractivity contribution is 0.141. The second-order valence-corrected chi connectivity index (χ2v) is 5.43. The first kappa shape index (κ1) is 14.5. The van der Waals surface area contributed by atoms with Gasteiger partial charge in [0.2, 0.25) is 0 Å². The van der Waals surface area contributed by atoms with Crippen LogP contribution >= 0.6 is 11.6 Å². The smallest absolute Gasteiger partial charge is 0.140 e. The standard InChI is InChI=1S/C13H21ClN4O/c14-11-3-4-13(17-15)16-12(11)9-18-6-1-2-10(8-18)5-7-19/h3-4,10,19H,1-2,5-9,15H2,(H,16,17). The van der Waals surface area contributed by atoms with Crippen LogP contribution in [0.4, 0.5) is 5.82 Å². The number of piperidine rings is 1. The van der Waals surface area contributed by atoms with Gasteiger partial charge >= 0.3 is 0 Å². The first-order valence-corrected chi connectivity index (χ1v) is 7.06. The van der Waals surface area contributed by atoms with Crippen molar-refractivity contribution in [2.24, 2.45) is 11.8 Å². The average molecular weight is 285 g/mol. The third-order valence-corrected chi connectivity index (χ3v) is 3.92. The Morgan fingerprint density at radius 1 is 1.53 bits per heavy atom. The van der Waals surface area contributed by atoms with Crippen molar-refractivity contribution < 1.29 is 5.11 Å². The molecule has 106 valence electrons. The predicted octanol–water partition coefficient (Wildman–Crippen LogP) is 1.61. The van der Waals surface area contributed by atoms with E-state index in [1.807, 2.05) is 6.07 Å². The summed E-state index contributed by atoms with van der Waals surface area (Å²) in [6.07, 6.45) is 3.24. The summed E-state index contributed by atoms with van der Waals surface area (Å²) < 4.78 is 0. The van der Waals surface area contributed by atoms with Crippen LogP contribution in [-0.2, 0) is 6.54 Å². The number of nitrogens with two attached hydrogens (primary N) is 1. The third-order valence-electron chi connectivity index (χ3n) is 3.58. The molecule has 0 spiro atoms. The molecule has 1 aromatic heterocycles. The number of hydrogen-bond donors (Lipinski definition) is 3. The second kappa shape index (κ2) is 7.05. The zero-order chi connectivity index (χ0) is 13.7. The summed E-state index contributed by atoms with van der Waals surface area (Å²) in [4.78, 5) is 6.74.